The topological polar surface area (TPSA) is 174 Å². The Morgan fingerprint density at radius 3 is 2.73 bits per heavy atom. The van der Waals surface area contributed by atoms with Gasteiger partial charge in [0.15, 0.2) is 17.7 Å². The van der Waals surface area contributed by atoms with Gasteiger partial charge >= 0.3 is 12.0 Å². The van der Waals surface area contributed by atoms with Crippen LogP contribution in [0.4, 0.5) is 10.5 Å². The summed E-state index contributed by atoms with van der Waals surface area (Å²) < 4.78 is 16.2. The largest absolute Gasteiger partial charge is 0.490 e. The zero-order valence-corrected chi connectivity index (χ0v) is 20.4. The van der Waals surface area contributed by atoms with Crippen molar-refractivity contribution in [2.75, 3.05) is 20.3 Å². The van der Waals surface area contributed by atoms with Crippen molar-refractivity contribution < 1.29 is 33.8 Å². The molecule has 0 fully saturated rings. The normalized spacial score (nSPS) is 16.0. The van der Waals surface area contributed by atoms with Crippen LogP contribution in [0.3, 0.4) is 0 Å². The molecule has 0 saturated carbocycles. The number of esters is 1. The molecule has 0 spiro atoms. The molecule has 2 amide bonds. The molecule has 196 valence electrons. The number of aliphatic hydroxyl groups excluding tert-OH is 1. The number of methoxy groups -OCH3 is 1. The number of rotatable bonds is 11. The Labute approximate surface area is 212 Å². The number of nitro groups is 1. The van der Waals surface area contributed by atoms with Crippen LogP contribution in [0.2, 0.25) is 0 Å². The predicted octanol–water partition coefficient (Wildman–Crippen LogP) is 2.12. The highest BCUT2D eigenvalue weighted by Crippen LogP contribution is 2.34. The number of allylic oxidation sites excluding steroid dienone is 1. The van der Waals surface area contributed by atoms with Crippen LogP contribution in [-0.4, -0.2) is 54.8 Å². The highest BCUT2D eigenvalue weighted by Gasteiger charge is 2.32. The molecule has 1 aliphatic rings. The number of urea groups is 1. The molecule has 2 aromatic carbocycles. The van der Waals surface area contributed by atoms with Crippen LogP contribution in [0.15, 0.2) is 58.8 Å². The number of benzene rings is 2. The van der Waals surface area contributed by atoms with Gasteiger partial charge in [-0.05, 0) is 37.6 Å². The molecule has 3 rings (SSSR count). The molecule has 0 saturated heterocycles. The van der Waals surface area contributed by atoms with E-state index in [1.807, 2.05) is 0 Å². The van der Waals surface area contributed by atoms with Gasteiger partial charge in [-0.15, -0.1) is 0 Å². The van der Waals surface area contributed by atoms with Gasteiger partial charge in [0.1, 0.15) is 6.61 Å². The first kappa shape index (κ1) is 26.9. The lowest BCUT2D eigenvalue weighted by Gasteiger charge is -2.28. The summed E-state index contributed by atoms with van der Waals surface area (Å²) in [7, 11) is 1.25. The molecule has 1 aliphatic heterocycles. The Hall–Kier alpha value is -4.65. The molecule has 37 heavy (non-hydrogen) atoms. The SMILES string of the molecule is CCOc1cc([C@@H]2NC(=O)NC(C)=C2C(=O)OC)ccc1OC[C@@H](O)N/N=C\c1ccccc1[N+](=O)[O-]. The van der Waals surface area contributed by atoms with Crippen molar-refractivity contribution in [3.63, 3.8) is 0 Å². The van der Waals surface area contributed by atoms with E-state index in [0.29, 0.717) is 29.4 Å². The Balaban J connectivity index is 1.72. The van der Waals surface area contributed by atoms with Crippen molar-refractivity contribution in [1.29, 1.82) is 0 Å². The molecule has 13 heteroatoms. The quantitative estimate of drug-likeness (QED) is 0.115. The Morgan fingerprint density at radius 1 is 1.27 bits per heavy atom. The molecule has 0 aliphatic carbocycles. The first-order valence-corrected chi connectivity index (χ1v) is 11.2. The molecule has 4 N–H and O–H groups in total. The molecule has 0 aromatic heterocycles. The maximum Gasteiger partial charge on any atom is 0.337 e. The summed E-state index contributed by atoms with van der Waals surface area (Å²) in [6.45, 7) is 3.45. The summed E-state index contributed by atoms with van der Waals surface area (Å²) in [5.41, 5.74) is 3.76. The fraction of sp³-hybridized carbons (Fsp3) is 0.292. The van der Waals surface area contributed by atoms with Crippen molar-refractivity contribution in [2.45, 2.75) is 26.1 Å². The number of carbonyl (C=O) groups excluding carboxylic acids is 2. The van der Waals surface area contributed by atoms with E-state index in [1.54, 1.807) is 44.2 Å². The number of hydrogen-bond donors (Lipinski definition) is 4. The number of carbonyl (C=O) groups is 2. The first-order chi connectivity index (χ1) is 17.7. The van der Waals surface area contributed by atoms with Gasteiger partial charge in [0.25, 0.3) is 5.69 Å². The minimum atomic E-state index is -1.24. The third kappa shape index (κ3) is 6.73. The van der Waals surface area contributed by atoms with Crippen LogP contribution in [0, 0.1) is 10.1 Å². The lowest BCUT2D eigenvalue weighted by atomic mass is 9.95. The minimum absolute atomic E-state index is 0.120. The van der Waals surface area contributed by atoms with Gasteiger partial charge < -0.3 is 30.0 Å². The van der Waals surface area contributed by atoms with Crippen molar-refractivity contribution in [2.24, 2.45) is 5.10 Å². The summed E-state index contributed by atoms with van der Waals surface area (Å²) in [6, 6.07) is 9.65. The number of nitrogens with one attached hydrogen (secondary N) is 3. The van der Waals surface area contributed by atoms with E-state index in [-0.39, 0.29) is 23.4 Å². The van der Waals surface area contributed by atoms with Crippen LogP contribution in [-0.2, 0) is 9.53 Å². The van der Waals surface area contributed by atoms with E-state index in [1.165, 1.54) is 25.5 Å². The number of amides is 2. The number of ether oxygens (including phenoxy) is 3. The zero-order chi connectivity index (χ0) is 26.9. The van der Waals surface area contributed by atoms with Crippen LogP contribution in [0.5, 0.6) is 11.5 Å². The average molecular weight is 514 g/mol. The smallest absolute Gasteiger partial charge is 0.337 e. The maximum atomic E-state index is 12.3. The van der Waals surface area contributed by atoms with Gasteiger partial charge in [0, 0.05) is 11.8 Å². The third-order valence-corrected chi connectivity index (χ3v) is 5.23. The van der Waals surface area contributed by atoms with Crippen LogP contribution >= 0.6 is 0 Å². The predicted molar refractivity (Wildman–Crippen MR) is 132 cm³/mol. The summed E-state index contributed by atoms with van der Waals surface area (Å²) in [6.07, 6.45) is -0.0165. The minimum Gasteiger partial charge on any atom is -0.490 e. The fourth-order valence-corrected chi connectivity index (χ4v) is 3.58. The van der Waals surface area contributed by atoms with E-state index >= 15 is 0 Å². The van der Waals surface area contributed by atoms with Crippen LogP contribution in [0.25, 0.3) is 0 Å². The van der Waals surface area contributed by atoms with E-state index in [9.17, 15) is 24.8 Å². The molecule has 0 unspecified atom stereocenters. The molecule has 2 atom stereocenters. The molecular formula is C24H27N5O8. The van der Waals surface area contributed by atoms with E-state index < -0.39 is 29.2 Å². The lowest BCUT2D eigenvalue weighted by molar-refractivity contribution is -0.385. The Morgan fingerprint density at radius 2 is 2.03 bits per heavy atom. The van der Waals surface area contributed by atoms with Gasteiger partial charge in [-0.2, -0.15) is 5.10 Å². The summed E-state index contributed by atoms with van der Waals surface area (Å²) in [4.78, 5) is 35.0. The number of nitro benzene ring substituents is 1. The molecule has 0 bridgehead atoms. The van der Waals surface area contributed by atoms with Crippen molar-refractivity contribution in [1.82, 2.24) is 16.1 Å². The average Bonchev–Trinajstić information content (AvgIpc) is 2.87. The molecule has 2 aromatic rings. The molecule has 0 radical (unpaired) electrons. The Kier molecular flexibility index (Phi) is 9.00. The third-order valence-electron chi connectivity index (χ3n) is 5.23. The first-order valence-electron chi connectivity index (χ1n) is 11.2. The molecule has 1 heterocycles. The second-order valence-corrected chi connectivity index (χ2v) is 7.73. The second kappa shape index (κ2) is 12.4. The monoisotopic (exact) mass is 513 g/mol. The summed E-state index contributed by atoms with van der Waals surface area (Å²) in [5.74, 6) is 0.0313. The van der Waals surface area contributed by atoms with Crippen molar-refractivity contribution in [3.8, 4) is 11.5 Å². The Bertz CT molecular complexity index is 1230. The van der Waals surface area contributed by atoms with Crippen molar-refractivity contribution >= 4 is 23.9 Å². The number of para-hydroxylation sites is 1. The van der Waals surface area contributed by atoms with Gasteiger partial charge in [-0.25, -0.2) is 9.59 Å². The second-order valence-electron chi connectivity index (χ2n) is 7.73. The maximum absolute atomic E-state index is 12.3. The highest BCUT2D eigenvalue weighted by molar-refractivity contribution is 5.95. The van der Waals surface area contributed by atoms with Gasteiger partial charge in [0.2, 0.25) is 0 Å². The summed E-state index contributed by atoms with van der Waals surface area (Å²) >= 11 is 0. The van der Waals surface area contributed by atoms with Gasteiger partial charge in [-0.3, -0.25) is 15.5 Å². The number of hydrazone groups is 1. The highest BCUT2D eigenvalue weighted by atomic mass is 16.6. The van der Waals surface area contributed by atoms with Crippen molar-refractivity contribution in [3.05, 3.63) is 75.0 Å². The van der Waals surface area contributed by atoms with Crippen LogP contribution in [0.1, 0.15) is 31.0 Å². The molecular weight excluding hydrogens is 486 g/mol. The number of hydrogen-bond acceptors (Lipinski definition) is 10. The van der Waals surface area contributed by atoms with E-state index in [2.05, 4.69) is 21.2 Å². The molecule has 13 nitrogen and oxygen atoms in total. The van der Waals surface area contributed by atoms with E-state index in [4.69, 9.17) is 14.2 Å². The van der Waals surface area contributed by atoms with E-state index in [0.717, 1.165) is 0 Å². The number of nitrogens with zero attached hydrogens (tertiary/aromatic N) is 2. The van der Waals surface area contributed by atoms with Crippen LogP contribution < -0.4 is 25.5 Å². The fourth-order valence-electron chi connectivity index (χ4n) is 3.58. The lowest BCUT2D eigenvalue weighted by Crippen LogP contribution is -2.45. The van der Waals surface area contributed by atoms with Gasteiger partial charge in [-0.1, -0.05) is 18.2 Å². The standard InChI is InChI=1S/C24H27N5O8/c1-4-36-19-11-15(22-21(23(31)35-3)14(2)26-24(32)27-22)9-10-18(19)37-13-20(30)28-25-12-16-7-5-6-8-17(16)29(33)34/h5-12,20,22,28,30H,4,13H2,1-3H3,(H2,26,27,32)/b25-12-/t20-,22+/m1/s1. The zero-order valence-electron chi connectivity index (χ0n) is 20.4. The summed E-state index contributed by atoms with van der Waals surface area (Å²) in [5, 5.41) is 30.4. The number of aliphatic hydroxyl groups is 1. The van der Waals surface area contributed by atoms with Gasteiger partial charge in [0.05, 0.1) is 42.0 Å².